The number of fused-ring (bicyclic) bond motifs is 1. The Balaban J connectivity index is 1.53. The van der Waals surface area contributed by atoms with Gasteiger partial charge in [0.15, 0.2) is 11.5 Å². The lowest BCUT2D eigenvalue weighted by Crippen LogP contribution is -2.44. The first kappa shape index (κ1) is 17.3. The fraction of sp³-hybridized carbons (Fsp3) is 0.350. The van der Waals surface area contributed by atoms with E-state index in [4.69, 9.17) is 9.47 Å². The highest BCUT2D eigenvalue weighted by Crippen LogP contribution is 2.33. The van der Waals surface area contributed by atoms with Gasteiger partial charge in [0, 0.05) is 38.4 Å². The molecule has 7 heteroatoms. The molecule has 1 aromatic heterocycles. The highest BCUT2D eigenvalue weighted by molar-refractivity contribution is 5.83. The van der Waals surface area contributed by atoms with Crippen molar-refractivity contribution in [3.05, 3.63) is 53.9 Å². The van der Waals surface area contributed by atoms with Gasteiger partial charge in [-0.2, -0.15) is 0 Å². The molecular weight excluding hydrogens is 346 g/mol. The van der Waals surface area contributed by atoms with E-state index >= 15 is 0 Å². The maximum atomic E-state index is 13.1. The van der Waals surface area contributed by atoms with Crippen LogP contribution in [0.1, 0.15) is 24.0 Å². The number of hydrogen-bond acceptors (Lipinski definition) is 5. The molecule has 1 unspecified atom stereocenters. The molecule has 1 atom stereocenters. The second-order valence-corrected chi connectivity index (χ2v) is 6.78. The molecule has 4 rings (SSSR count). The standard InChI is InChI=1S/C20H21N3O4/c24-19-6-4-16(10-22-19)20(25)23(12-15-2-1-7-21-9-15)11-14-3-5-17-18(8-14)27-13-26-17/h1-3,5,7-9,16H,4,6,10-13H2,(H,22,24). The quantitative estimate of drug-likeness (QED) is 0.873. The number of carbonyl (C=O) groups excluding carboxylic acids is 2. The molecule has 0 bridgehead atoms. The topological polar surface area (TPSA) is 80.8 Å². The van der Waals surface area contributed by atoms with Gasteiger partial charge in [0.1, 0.15) is 0 Å². The van der Waals surface area contributed by atoms with Crippen LogP contribution in [0.5, 0.6) is 11.5 Å². The Morgan fingerprint density at radius 2 is 2.04 bits per heavy atom. The lowest BCUT2D eigenvalue weighted by atomic mass is 9.97. The van der Waals surface area contributed by atoms with Crippen LogP contribution < -0.4 is 14.8 Å². The third kappa shape index (κ3) is 4.02. The molecule has 3 heterocycles. The van der Waals surface area contributed by atoms with Crippen molar-refractivity contribution in [3.63, 3.8) is 0 Å². The van der Waals surface area contributed by atoms with Gasteiger partial charge in [0.2, 0.25) is 18.6 Å². The van der Waals surface area contributed by atoms with Crippen LogP contribution in [0, 0.1) is 5.92 Å². The largest absolute Gasteiger partial charge is 0.454 e. The summed E-state index contributed by atoms with van der Waals surface area (Å²) < 4.78 is 10.8. The molecule has 0 radical (unpaired) electrons. The van der Waals surface area contributed by atoms with Gasteiger partial charge >= 0.3 is 0 Å². The Labute approximate surface area is 157 Å². The van der Waals surface area contributed by atoms with Gasteiger partial charge in [-0.05, 0) is 35.7 Å². The van der Waals surface area contributed by atoms with E-state index in [1.54, 1.807) is 12.4 Å². The molecule has 2 amide bonds. The highest BCUT2D eigenvalue weighted by Gasteiger charge is 2.29. The average Bonchev–Trinajstić information content (AvgIpc) is 3.16. The first-order chi connectivity index (χ1) is 13.2. The number of piperidine rings is 1. The lowest BCUT2D eigenvalue weighted by Gasteiger charge is -2.29. The van der Waals surface area contributed by atoms with Crippen molar-refractivity contribution in [2.45, 2.75) is 25.9 Å². The molecule has 27 heavy (non-hydrogen) atoms. The number of aromatic nitrogens is 1. The summed E-state index contributed by atoms with van der Waals surface area (Å²) >= 11 is 0. The molecule has 1 aromatic carbocycles. The highest BCUT2D eigenvalue weighted by atomic mass is 16.7. The van der Waals surface area contributed by atoms with E-state index in [1.165, 1.54) is 0 Å². The number of rotatable bonds is 5. The van der Waals surface area contributed by atoms with Crippen LogP contribution in [-0.4, -0.2) is 35.0 Å². The molecule has 2 aliphatic rings. The predicted molar refractivity (Wildman–Crippen MR) is 96.8 cm³/mol. The Bertz CT molecular complexity index is 830. The molecule has 1 N–H and O–H groups in total. The van der Waals surface area contributed by atoms with E-state index in [0.717, 1.165) is 16.9 Å². The molecule has 1 fully saturated rings. The first-order valence-corrected chi connectivity index (χ1v) is 9.02. The molecule has 0 spiro atoms. The smallest absolute Gasteiger partial charge is 0.231 e. The van der Waals surface area contributed by atoms with Gasteiger partial charge in [-0.15, -0.1) is 0 Å². The summed E-state index contributed by atoms with van der Waals surface area (Å²) in [6.07, 6.45) is 4.45. The fourth-order valence-electron chi connectivity index (χ4n) is 3.39. The van der Waals surface area contributed by atoms with Crippen LogP contribution >= 0.6 is 0 Å². The maximum absolute atomic E-state index is 13.1. The number of pyridine rings is 1. The monoisotopic (exact) mass is 367 g/mol. The molecule has 0 aliphatic carbocycles. The molecule has 140 valence electrons. The minimum atomic E-state index is -0.201. The zero-order valence-corrected chi connectivity index (χ0v) is 14.9. The molecule has 2 aromatic rings. The third-order valence-electron chi connectivity index (χ3n) is 4.83. The average molecular weight is 367 g/mol. The Kier molecular flexibility index (Phi) is 4.91. The van der Waals surface area contributed by atoms with Gasteiger partial charge in [-0.25, -0.2) is 0 Å². The zero-order chi connectivity index (χ0) is 18.6. The van der Waals surface area contributed by atoms with E-state index in [0.29, 0.717) is 38.2 Å². The summed E-state index contributed by atoms with van der Waals surface area (Å²) in [7, 11) is 0. The van der Waals surface area contributed by atoms with E-state index in [9.17, 15) is 9.59 Å². The lowest BCUT2D eigenvalue weighted by molar-refractivity contribution is -0.138. The normalized spacial score (nSPS) is 18.1. The van der Waals surface area contributed by atoms with Crippen LogP contribution in [0.4, 0.5) is 0 Å². The van der Waals surface area contributed by atoms with E-state index in [1.807, 2.05) is 35.2 Å². The van der Waals surface area contributed by atoms with Crippen molar-refractivity contribution in [3.8, 4) is 11.5 Å². The molecular formula is C20H21N3O4. The number of nitrogens with one attached hydrogen (secondary N) is 1. The van der Waals surface area contributed by atoms with Crippen molar-refractivity contribution in [1.29, 1.82) is 0 Å². The van der Waals surface area contributed by atoms with Gasteiger partial charge in [-0.1, -0.05) is 12.1 Å². The van der Waals surface area contributed by atoms with Crippen LogP contribution in [0.25, 0.3) is 0 Å². The molecule has 7 nitrogen and oxygen atoms in total. The predicted octanol–water partition coefficient (Wildman–Crippen LogP) is 1.87. The van der Waals surface area contributed by atoms with Crippen LogP contribution in [0.3, 0.4) is 0 Å². The third-order valence-corrected chi connectivity index (χ3v) is 4.83. The zero-order valence-electron chi connectivity index (χ0n) is 14.9. The number of amides is 2. The van der Waals surface area contributed by atoms with E-state index in [-0.39, 0.29) is 24.5 Å². The Hall–Kier alpha value is -3.09. The van der Waals surface area contributed by atoms with Gasteiger partial charge in [0.05, 0.1) is 5.92 Å². The summed E-state index contributed by atoms with van der Waals surface area (Å²) in [4.78, 5) is 30.5. The number of hydrogen-bond donors (Lipinski definition) is 1. The summed E-state index contributed by atoms with van der Waals surface area (Å²) in [5.74, 6) is 1.27. The van der Waals surface area contributed by atoms with Gasteiger partial charge in [-0.3, -0.25) is 14.6 Å². The van der Waals surface area contributed by atoms with Crippen molar-refractivity contribution in [2.75, 3.05) is 13.3 Å². The van der Waals surface area contributed by atoms with Crippen molar-refractivity contribution < 1.29 is 19.1 Å². The van der Waals surface area contributed by atoms with E-state index in [2.05, 4.69) is 10.3 Å². The number of nitrogens with zero attached hydrogens (tertiary/aromatic N) is 2. The van der Waals surface area contributed by atoms with Crippen molar-refractivity contribution in [2.24, 2.45) is 5.92 Å². The second kappa shape index (κ2) is 7.65. The second-order valence-electron chi connectivity index (χ2n) is 6.78. The van der Waals surface area contributed by atoms with Crippen molar-refractivity contribution in [1.82, 2.24) is 15.2 Å². The maximum Gasteiger partial charge on any atom is 0.231 e. The minimum absolute atomic E-state index is 0.00799. The number of carbonyl (C=O) groups is 2. The SMILES string of the molecule is O=C1CCC(C(=O)N(Cc2cccnc2)Cc2ccc3c(c2)OCO3)CN1. The number of ether oxygens (including phenoxy) is 2. The summed E-state index contributed by atoms with van der Waals surface area (Å²) in [6, 6.07) is 9.54. The first-order valence-electron chi connectivity index (χ1n) is 9.02. The Morgan fingerprint density at radius 1 is 1.19 bits per heavy atom. The van der Waals surface area contributed by atoms with Gasteiger partial charge in [0.25, 0.3) is 0 Å². The van der Waals surface area contributed by atoms with Crippen LogP contribution in [0.2, 0.25) is 0 Å². The molecule has 0 saturated carbocycles. The summed E-state index contributed by atoms with van der Waals surface area (Å²) in [6.45, 7) is 1.53. The number of benzene rings is 1. The van der Waals surface area contributed by atoms with Gasteiger partial charge < -0.3 is 19.7 Å². The summed E-state index contributed by atoms with van der Waals surface area (Å²) in [5, 5.41) is 2.79. The van der Waals surface area contributed by atoms with Crippen LogP contribution in [0.15, 0.2) is 42.7 Å². The Morgan fingerprint density at radius 3 is 2.81 bits per heavy atom. The van der Waals surface area contributed by atoms with E-state index < -0.39 is 0 Å². The molecule has 2 aliphatic heterocycles. The minimum Gasteiger partial charge on any atom is -0.454 e. The summed E-state index contributed by atoms with van der Waals surface area (Å²) in [5.41, 5.74) is 1.93. The molecule has 1 saturated heterocycles. The van der Waals surface area contributed by atoms with Crippen molar-refractivity contribution >= 4 is 11.8 Å². The fourth-order valence-corrected chi connectivity index (χ4v) is 3.39. The van der Waals surface area contributed by atoms with Crippen LogP contribution in [-0.2, 0) is 22.7 Å².